The lowest BCUT2D eigenvalue weighted by molar-refractivity contribution is 0.205. The number of aromatic nitrogens is 3. The third-order valence-electron chi connectivity index (χ3n) is 4.05. The SMILES string of the molecule is Cc1oc(-c2ccco2)nc1Cn1ccnc1[C@@H](O)c1ccccc1. The van der Waals surface area contributed by atoms with Crippen LogP contribution in [0, 0.1) is 6.92 Å². The van der Waals surface area contributed by atoms with Gasteiger partial charge in [-0.05, 0) is 24.6 Å². The lowest BCUT2D eigenvalue weighted by atomic mass is 10.1. The number of aliphatic hydroxyl groups excluding tert-OH is 1. The largest absolute Gasteiger partial charge is 0.459 e. The third kappa shape index (κ3) is 2.99. The summed E-state index contributed by atoms with van der Waals surface area (Å²) in [4.78, 5) is 8.82. The molecule has 0 amide bonds. The maximum absolute atomic E-state index is 10.6. The van der Waals surface area contributed by atoms with E-state index < -0.39 is 6.10 Å². The number of imidazole rings is 1. The van der Waals surface area contributed by atoms with Gasteiger partial charge in [-0.1, -0.05) is 30.3 Å². The molecule has 6 nitrogen and oxygen atoms in total. The van der Waals surface area contributed by atoms with E-state index in [9.17, 15) is 5.11 Å². The van der Waals surface area contributed by atoms with E-state index in [0.717, 1.165) is 11.3 Å². The van der Waals surface area contributed by atoms with Gasteiger partial charge in [-0.3, -0.25) is 0 Å². The monoisotopic (exact) mass is 335 g/mol. The van der Waals surface area contributed by atoms with Gasteiger partial charge in [0.05, 0.1) is 12.8 Å². The van der Waals surface area contributed by atoms with Gasteiger partial charge < -0.3 is 18.5 Å². The minimum absolute atomic E-state index is 0.447. The lowest BCUT2D eigenvalue weighted by Gasteiger charge is -2.13. The van der Waals surface area contributed by atoms with Gasteiger partial charge in [0, 0.05) is 12.4 Å². The van der Waals surface area contributed by atoms with Crippen LogP contribution in [-0.2, 0) is 6.54 Å². The Morgan fingerprint density at radius 1 is 1.16 bits per heavy atom. The first-order valence-corrected chi connectivity index (χ1v) is 7.96. The second kappa shape index (κ2) is 6.41. The molecule has 0 aliphatic carbocycles. The molecule has 1 aromatic carbocycles. The van der Waals surface area contributed by atoms with E-state index in [1.807, 2.05) is 48.0 Å². The standard InChI is InChI=1S/C19H17N3O3/c1-13-15(21-19(25-13)16-8-5-11-24-16)12-22-10-9-20-18(22)17(23)14-6-3-2-4-7-14/h2-11,17,23H,12H2,1H3/t17-/m0/s1. The normalized spacial score (nSPS) is 12.4. The highest BCUT2D eigenvalue weighted by Gasteiger charge is 2.19. The molecule has 0 saturated heterocycles. The van der Waals surface area contributed by atoms with Crippen LogP contribution in [0.5, 0.6) is 0 Å². The van der Waals surface area contributed by atoms with Gasteiger partial charge in [0.25, 0.3) is 5.89 Å². The van der Waals surface area contributed by atoms with Gasteiger partial charge in [-0.25, -0.2) is 9.97 Å². The summed E-state index contributed by atoms with van der Waals surface area (Å²) < 4.78 is 12.9. The van der Waals surface area contributed by atoms with Crippen molar-refractivity contribution in [1.29, 1.82) is 0 Å². The van der Waals surface area contributed by atoms with Gasteiger partial charge in [0.15, 0.2) is 5.76 Å². The molecule has 0 spiro atoms. The number of nitrogens with zero attached hydrogens (tertiary/aromatic N) is 3. The van der Waals surface area contributed by atoms with E-state index in [2.05, 4.69) is 9.97 Å². The number of hydrogen-bond donors (Lipinski definition) is 1. The van der Waals surface area contributed by atoms with Gasteiger partial charge in [0.1, 0.15) is 23.4 Å². The molecule has 6 heteroatoms. The van der Waals surface area contributed by atoms with Crippen LogP contribution in [0.2, 0.25) is 0 Å². The molecular weight excluding hydrogens is 318 g/mol. The summed E-state index contributed by atoms with van der Waals surface area (Å²) in [5, 5.41) is 10.6. The zero-order valence-electron chi connectivity index (χ0n) is 13.7. The summed E-state index contributed by atoms with van der Waals surface area (Å²) >= 11 is 0. The van der Waals surface area contributed by atoms with Crippen molar-refractivity contribution in [3.63, 3.8) is 0 Å². The maximum Gasteiger partial charge on any atom is 0.263 e. The van der Waals surface area contributed by atoms with Crippen LogP contribution in [0.15, 0.2) is 70.0 Å². The highest BCUT2D eigenvalue weighted by Crippen LogP contribution is 2.24. The molecule has 3 aromatic heterocycles. The van der Waals surface area contributed by atoms with Crippen molar-refractivity contribution in [3.05, 3.63) is 84.0 Å². The Labute approximate surface area is 144 Å². The van der Waals surface area contributed by atoms with Crippen LogP contribution >= 0.6 is 0 Å². The topological polar surface area (TPSA) is 77.2 Å². The van der Waals surface area contributed by atoms with E-state index in [1.54, 1.807) is 24.6 Å². The van der Waals surface area contributed by atoms with Crippen molar-refractivity contribution in [3.8, 4) is 11.7 Å². The molecule has 0 radical (unpaired) electrons. The minimum Gasteiger partial charge on any atom is -0.459 e. The van der Waals surface area contributed by atoms with Crippen molar-refractivity contribution in [2.45, 2.75) is 19.6 Å². The first-order valence-electron chi connectivity index (χ1n) is 7.96. The van der Waals surface area contributed by atoms with Crippen molar-refractivity contribution in [2.75, 3.05) is 0 Å². The number of hydrogen-bond acceptors (Lipinski definition) is 5. The number of furan rings is 1. The fraction of sp³-hybridized carbons (Fsp3) is 0.158. The van der Waals surface area contributed by atoms with Crippen molar-refractivity contribution in [2.24, 2.45) is 0 Å². The fourth-order valence-electron chi connectivity index (χ4n) is 2.73. The van der Waals surface area contributed by atoms with Crippen LogP contribution in [-0.4, -0.2) is 19.6 Å². The molecule has 4 rings (SSSR count). The number of aliphatic hydroxyl groups is 1. The van der Waals surface area contributed by atoms with Gasteiger partial charge in [-0.15, -0.1) is 0 Å². The van der Waals surface area contributed by atoms with Gasteiger partial charge >= 0.3 is 0 Å². The molecule has 3 heterocycles. The lowest BCUT2D eigenvalue weighted by Crippen LogP contribution is -2.11. The number of aryl methyl sites for hydroxylation is 1. The molecule has 0 saturated carbocycles. The Balaban J connectivity index is 1.62. The molecule has 1 N–H and O–H groups in total. The minimum atomic E-state index is -0.798. The molecule has 0 fully saturated rings. The average molecular weight is 335 g/mol. The van der Waals surface area contributed by atoms with E-state index in [-0.39, 0.29) is 0 Å². The van der Waals surface area contributed by atoms with Crippen molar-refractivity contribution >= 4 is 0 Å². The first kappa shape index (κ1) is 15.4. The van der Waals surface area contributed by atoms with E-state index in [1.165, 1.54) is 0 Å². The number of rotatable bonds is 5. The molecular formula is C19H17N3O3. The predicted molar refractivity (Wildman–Crippen MR) is 90.8 cm³/mol. The summed E-state index contributed by atoms with van der Waals surface area (Å²) in [5.74, 6) is 2.31. The van der Waals surface area contributed by atoms with E-state index in [4.69, 9.17) is 8.83 Å². The van der Waals surface area contributed by atoms with Crippen molar-refractivity contribution < 1.29 is 13.9 Å². The Morgan fingerprint density at radius 3 is 2.76 bits per heavy atom. The zero-order valence-corrected chi connectivity index (χ0v) is 13.7. The molecule has 1 atom stereocenters. The number of benzene rings is 1. The smallest absolute Gasteiger partial charge is 0.263 e. The van der Waals surface area contributed by atoms with Crippen LogP contribution in [0.1, 0.15) is 28.9 Å². The van der Waals surface area contributed by atoms with Crippen molar-refractivity contribution in [1.82, 2.24) is 14.5 Å². The Bertz CT molecular complexity index is 955. The summed E-state index contributed by atoms with van der Waals surface area (Å²) in [6, 6.07) is 13.0. The van der Waals surface area contributed by atoms with Gasteiger partial charge in [-0.2, -0.15) is 0 Å². The highest BCUT2D eigenvalue weighted by atomic mass is 16.4. The highest BCUT2D eigenvalue weighted by molar-refractivity contribution is 5.44. The summed E-state index contributed by atoms with van der Waals surface area (Å²) in [6.07, 6.45) is 4.28. The Kier molecular flexibility index (Phi) is 3.95. The third-order valence-corrected chi connectivity index (χ3v) is 4.05. The molecule has 0 aliphatic heterocycles. The molecule has 4 aromatic rings. The van der Waals surface area contributed by atoms with Gasteiger partial charge in [0.2, 0.25) is 0 Å². The predicted octanol–water partition coefficient (Wildman–Crippen LogP) is 3.57. The van der Waals surface area contributed by atoms with Crippen LogP contribution in [0.3, 0.4) is 0 Å². The zero-order chi connectivity index (χ0) is 17.2. The van der Waals surface area contributed by atoms with E-state index in [0.29, 0.717) is 29.8 Å². The summed E-state index contributed by atoms with van der Waals surface area (Å²) in [6.45, 7) is 2.31. The molecule has 0 unspecified atom stereocenters. The first-order chi connectivity index (χ1) is 12.2. The van der Waals surface area contributed by atoms with Crippen LogP contribution in [0.25, 0.3) is 11.7 Å². The quantitative estimate of drug-likeness (QED) is 0.603. The van der Waals surface area contributed by atoms with Crippen LogP contribution < -0.4 is 0 Å². The van der Waals surface area contributed by atoms with E-state index >= 15 is 0 Å². The second-order valence-corrected chi connectivity index (χ2v) is 5.73. The number of oxazole rings is 1. The molecule has 25 heavy (non-hydrogen) atoms. The summed E-state index contributed by atoms with van der Waals surface area (Å²) in [7, 11) is 0. The Hall–Kier alpha value is -3.12. The Morgan fingerprint density at radius 2 is 2.00 bits per heavy atom. The second-order valence-electron chi connectivity index (χ2n) is 5.73. The average Bonchev–Trinajstić information content (AvgIpc) is 3.37. The molecule has 0 bridgehead atoms. The van der Waals surface area contributed by atoms with Crippen LogP contribution in [0.4, 0.5) is 0 Å². The maximum atomic E-state index is 10.6. The molecule has 126 valence electrons. The fourth-order valence-corrected chi connectivity index (χ4v) is 2.73. The summed E-state index contributed by atoms with van der Waals surface area (Å²) in [5.41, 5.74) is 1.56. The molecule has 0 aliphatic rings.